The highest BCUT2D eigenvalue weighted by Crippen LogP contribution is 2.09. The van der Waals surface area contributed by atoms with Gasteiger partial charge in [-0.25, -0.2) is 0 Å². The Labute approximate surface area is 109 Å². The number of ether oxygens (including phenoxy) is 1. The Kier molecular flexibility index (Phi) is 7.10. The van der Waals surface area contributed by atoms with Gasteiger partial charge >= 0.3 is 0 Å². The smallest absolute Gasteiger partial charge is 0.165 e. The van der Waals surface area contributed by atoms with Crippen molar-refractivity contribution in [3.63, 3.8) is 0 Å². The lowest BCUT2D eigenvalue weighted by molar-refractivity contribution is -0.199. The number of hydrogen-bond acceptors (Lipinski definition) is 4. The van der Waals surface area contributed by atoms with Crippen molar-refractivity contribution in [3.8, 4) is 5.75 Å². The zero-order chi connectivity index (χ0) is 13.2. The van der Waals surface area contributed by atoms with Gasteiger partial charge in [-0.1, -0.05) is 24.3 Å². The molecule has 4 nitrogen and oxygen atoms in total. The summed E-state index contributed by atoms with van der Waals surface area (Å²) < 4.78 is 5.12. The topological polar surface area (TPSA) is 30.9 Å². The molecule has 0 unspecified atom stereocenters. The zero-order valence-corrected chi connectivity index (χ0v) is 11.3. The Morgan fingerprint density at radius 1 is 1.17 bits per heavy atom. The minimum Gasteiger partial charge on any atom is -0.380 e. The lowest BCUT2D eigenvalue weighted by Crippen LogP contribution is -2.14. The van der Waals surface area contributed by atoms with Crippen molar-refractivity contribution in [3.05, 3.63) is 42.0 Å². The molecule has 0 aliphatic rings. The van der Waals surface area contributed by atoms with Crippen LogP contribution >= 0.6 is 0 Å². The minimum atomic E-state index is 0.399. The van der Waals surface area contributed by atoms with E-state index in [4.69, 9.17) is 14.5 Å². The van der Waals surface area contributed by atoms with Gasteiger partial charge in [0.15, 0.2) is 5.75 Å². The van der Waals surface area contributed by atoms with Crippen LogP contribution in [0.4, 0.5) is 0 Å². The molecule has 0 aliphatic heterocycles. The number of rotatable bonds is 8. The van der Waals surface area contributed by atoms with Crippen molar-refractivity contribution in [2.24, 2.45) is 0 Å². The maximum atomic E-state index is 5.20. The Bertz CT molecular complexity index is 349. The zero-order valence-electron chi connectivity index (χ0n) is 11.3. The van der Waals surface area contributed by atoms with Crippen LogP contribution < -0.4 is 4.89 Å². The SMILES string of the molecule is COC/C(=C\CN(C)C)COOc1ccccc1. The molecule has 0 aromatic heterocycles. The highest BCUT2D eigenvalue weighted by molar-refractivity contribution is 5.20. The van der Waals surface area contributed by atoms with E-state index in [2.05, 4.69) is 11.0 Å². The van der Waals surface area contributed by atoms with Gasteiger partial charge in [0, 0.05) is 13.7 Å². The molecule has 0 atom stereocenters. The molecule has 0 fully saturated rings. The molecule has 0 aliphatic carbocycles. The van der Waals surface area contributed by atoms with E-state index in [1.807, 2.05) is 44.4 Å². The second-order valence-corrected chi connectivity index (χ2v) is 4.22. The van der Waals surface area contributed by atoms with Gasteiger partial charge in [0.05, 0.1) is 6.61 Å². The summed E-state index contributed by atoms with van der Waals surface area (Å²) in [6, 6.07) is 9.42. The van der Waals surface area contributed by atoms with Gasteiger partial charge in [0.2, 0.25) is 0 Å². The van der Waals surface area contributed by atoms with Crippen molar-refractivity contribution >= 4 is 0 Å². The van der Waals surface area contributed by atoms with E-state index in [1.54, 1.807) is 7.11 Å². The number of nitrogens with zero attached hydrogens (tertiary/aromatic N) is 1. The summed E-state index contributed by atoms with van der Waals surface area (Å²) in [5, 5.41) is 0. The van der Waals surface area contributed by atoms with E-state index in [9.17, 15) is 0 Å². The van der Waals surface area contributed by atoms with Gasteiger partial charge in [-0.3, -0.25) is 0 Å². The highest BCUT2D eigenvalue weighted by Gasteiger charge is 2.00. The third-order valence-corrected chi connectivity index (χ3v) is 2.22. The molecule has 18 heavy (non-hydrogen) atoms. The van der Waals surface area contributed by atoms with Gasteiger partial charge in [-0.2, -0.15) is 4.89 Å². The van der Waals surface area contributed by atoms with Crippen LogP contribution in [0.5, 0.6) is 5.75 Å². The van der Waals surface area contributed by atoms with Crippen molar-refractivity contribution < 1.29 is 14.5 Å². The molecule has 0 saturated heterocycles. The van der Waals surface area contributed by atoms with Crippen LogP contribution in [0.3, 0.4) is 0 Å². The molecule has 1 rings (SSSR count). The lowest BCUT2D eigenvalue weighted by atomic mass is 10.3. The first-order valence-corrected chi connectivity index (χ1v) is 5.88. The van der Waals surface area contributed by atoms with E-state index >= 15 is 0 Å². The number of hydrogen-bond donors (Lipinski definition) is 0. The summed E-state index contributed by atoms with van der Waals surface area (Å²) in [4.78, 5) is 12.5. The summed E-state index contributed by atoms with van der Waals surface area (Å²) in [5.74, 6) is 0.696. The molecule has 0 N–H and O–H groups in total. The lowest BCUT2D eigenvalue weighted by Gasteiger charge is -2.10. The molecule has 4 heteroatoms. The molecule has 0 radical (unpaired) electrons. The fourth-order valence-electron chi connectivity index (χ4n) is 1.31. The van der Waals surface area contributed by atoms with Gasteiger partial charge in [0.1, 0.15) is 6.61 Å². The first kappa shape index (κ1) is 14.7. The first-order valence-electron chi connectivity index (χ1n) is 5.88. The normalized spacial score (nSPS) is 11.9. The third kappa shape index (κ3) is 6.39. The summed E-state index contributed by atoms with van der Waals surface area (Å²) >= 11 is 0. The Morgan fingerprint density at radius 3 is 2.50 bits per heavy atom. The summed E-state index contributed by atoms with van der Waals surface area (Å²) in [5.41, 5.74) is 1.06. The summed E-state index contributed by atoms with van der Waals surface area (Å²) in [6.45, 7) is 1.80. The predicted octanol–water partition coefficient (Wildman–Crippen LogP) is 2.13. The maximum Gasteiger partial charge on any atom is 0.165 e. The first-order chi connectivity index (χ1) is 8.72. The molecule has 1 aromatic rings. The van der Waals surface area contributed by atoms with Gasteiger partial charge in [0.25, 0.3) is 0 Å². The minimum absolute atomic E-state index is 0.399. The van der Waals surface area contributed by atoms with E-state index in [-0.39, 0.29) is 0 Å². The van der Waals surface area contributed by atoms with Crippen LogP contribution in [-0.4, -0.2) is 45.9 Å². The van der Waals surface area contributed by atoms with Crippen LogP contribution in [0.15, 0.2) is 42.0 Å². The van der Waals surface area contributed by atoms with Crippen molar-refractivity contribution in [2.75, 3.05) is 41.0 Å². The van der Waals surface area contributed by atoms with Crippen molar-refractivity contribution in [1.82, 2.24) is 4.90 Å². The van der Waals surface area contributed by atoms with Gasteiger partial charge in [-0.15, -0.1) is 0 Å². The average Bonchev–Trinajstić information content (AvgIpc) is 2.37. The number of benzene rings is 1. The van der Waals surface area contributed by atoms with Crippen LogP contribution in [0.1, 0.15) is 0 Å². The predicted molar refractivity (Wildman–Crippen MR) is 71.5 cm³/mol. The van der Waals surface area contributed by atoms with Crippen LogP contribution in [0.25, 0.3) is 0 Å². The fraction of sp³-hybridized carbons (Fsp3) is 0.429. The van der Waals surface area contributed by atoms with E-state index in [1.165, 1.54) is 0 Å². The molecule has 0 amide bonds. The number of methoxy groups -OCH3 is 1. The standard InChI is InChI=1S/C14H21NO3/c1-15(2)10-9-13(11-16-3)12-17-18-14-7-5-4-6-8-14/h4-9H,10-12H2,1-3H3/b13-9+. The maximum absolute atomic E-state index is 5.20. The largest absolute Gasteiger partial charge is 0.380 e. The molecule has 100 valence electrons. The molecular weight excluding hydrogens is 230 g/mol. The average molecular weight is 251 g/mol. The van der Waals surface area contributed by atoms with Crippen molar-refractivity contribution in [1.29, 1.82) is 0 Å². The van der Waals surface area contributed by atoms with E-state index in [0.29, 0.717) is 19.0 Å². The fourth-order valence-corrected chi connectivity index (χ4v) is 1.31. The summed E-state index contributed by atoms with van der Waals surface area (Å²) in [6.07, 6.45) is 2.08. The van der Waals surface area contributed by atoms with E-state index in [0.717, 1.165) is 12.1 Å². The Morgan fingerprint density at radius 2 is 1.89 bits per heavy atom. The number of likely N-dealkylation sites (N-methyl/N-ethyl adjacent to an activating group) is 1. The second-order valence-electron chi connectivity index (χ2n) is 4.22. The molecular formula is C14H21NO3. The van der Waals surface area contributed by atoms with Crippen LogP contribution in [-0.2, 0) is 9.62 Å². The molecule has 1 aromatic carbocycles. The van der Waals surface area contributed by atoms with Gasteiger partial charge < -0.3 is 14.5 Å². The molecule has 0 bridgehead atoms. The summed E-state index contributed by atoms with van der Waals surface area (Å²) in [7, 11) is 5.70. The Hall–Kier alpha value is -1.36. The quantitative estimate of drug-likeness (QED) is 0.402. The molecule has 0 spiro atoms. The third-order valence-electron chi connectivity index (χ3n) is 2.22. The monoisotopic (exact) mass is 251 g/mol. The number of para-hydroxylation sites is 1. The molecule has 0 saturated carbocycles. The van der Waals surface area contributed by atoms with E-state index < -0.39 is 0 Å². The van der Waals surface area contributed by atoms with Crippen LogP contribution in [0, 0.1) is 0 Å². The second kappa shape index (κ2) is 8.69. The van der Waals surface area contributed by atoms with Gasteiger partial charge in [-0.05, 0) is 31.8 Å². The molecule has 0 heterocycles. The van der Waals surface area contributed by atoms with Crippen molar-refractivity contribution in [2.45, 2.75) is 0 Å². The highest BCUT2D eigenvalue weighted by atomic mass is 17.2. The van der Waals surface area contributed by atoms with Crippen LogP contribution in [0.2, 0.25) is 0 Å². The Balaban J connectivity index is 2.35.